The topological polar surface area (TPSA) is 154 Å². The summed E-state index contributed by atoms with van der Waals surface area (Å²) in [5.74, 6) is -0.749. The van der Waals surface area contributed by atoms with Gasteiger partial charge in [0.15, 0.2) is 23.0 Å². The maximum absolute atomic E-state index is 12.4. The van der Waals surface area contributed by atoms with E-state index < -0.39 is 11.9 Å². The number of esters is 2. The molecule has 2 amide bonds. The second-order valence-corrected chi connectivity index (χ2v) is 11.3. The van der Waals surface area contributed by atoms with Crippen LogP contribution in [0.15, 0.2) is 95.1 Å². The van der Waals surface area contributed by atoms with Gasteiger partial charge in [0.1, 0.15) is 0 Å². The number of nitrogens with zero attached hydrogens (tertiary/aromatic N) is 2. The summed E-state index contributed by atoms with van der Waals surface area (Å²) in [5, 5.41) is 8.92. The molecule has 0 heterocycles. The molecule has 4 aromatic carbocycles. The van der Waals surface area contributed by atoms with Crippen molar-refractivity contribution in [3.63, 3.8) is 0 Å². The van der Waals surface area contributed by atoms with Crippen molar-refractivity contribution in [1.29, 1.82) is 0 Å². The van der Waals surface area contributed by atoms with Gasteiger partial charge >= 0.3 is 11.9 Å². The van der Waals surface area contributed by atoms with Gasteiger partial charge in [0.25, 0.3) is 0 Å². The average molecular weight is 720 g/mol. The van der Waals surface area contributed by atoms with E-state index in [4.69, 9.17) is 42.1 Å². The van der Waals surface area contributed by atoms with Gasteiger partial charge in [-0.1, -0.05) is 23.2 Å². The fraction of sp³-hybridized carbons (Fsp3) is 0.167. The Morgan fingerprint density at radius 3 is 1.32 bits per heavy atom. The van der Waals surface area contributed by atoms with Gasteiger partial charge in [-0.05, 0) is 109 Å². The van der Waals surface area contributed by atoms with Gasteiger partial charge in [0, 0.05) is 22.9 Å². The summed E-state index contributed by atoms with van der Waals surface area (Å²) in [4.78, 5) is 49.2. The molecule has 0 bridgehead atoms. The smallest absolute Gasteiger partial charge is 0.343 e. The van der Waals surface area contributed by atoms with Crippen LogP contribution in [0.2, 0.25) is 10.0 Å². The largest absolute Gasteiger partial charge is 0.493 e. The van der Waals surface area contributed by atoms with E-state index in [2.05, 4.69) is 21.1 Å². The number of halogens is 2. The lowest BCUT2D eigenvalue weighted by Gasteiger charge is -2.10. The van der Waals surface area contributed by atoms with E-state index in [-0.39, 0.29) is 36.2 Å². The highest BCUT2D eigenvalue weighted by atomic mass is 35.5. The Morgan fingerprint density at radius 2 is 0.960 bits per heavy atom. The predicted molar refractivity (Wildman–Crippen MR) is 189 cm³/mol. The molecule has 0 unspecified atom stereocenters. The number of methoxy groups -OCH3 is 2. The summed E-state index contributed by atoms with van der Waals surface area (Å²) in [6, 6.07) is 22.2. The van der Waals surface area contributed by atoms with E-state index >= 15 is 0 Å². The van der Waals surface area contributed by atoms with Crippen molar-refractivity contribution in [2.75, 3.05) is 14.2 Å². The van der Waals surface area contributed by atoms with E-state index in [0.29, 0.717) is 56.6 Å². The van der Waals surface area contributed by atoms with Crippen molar-refractivity contribution in [3.05, 3.63) is 117 Å². The molecule has 0 aliphatic rings. The lowest BCUT2D eigenvalue weighted by atomic mass is 10.2. The number of carbonyl (C=O) groups is 4. The minimum absolute atomic E-state index is 0.158. The third kappa shape index (κ3) is 11.5. The van der Waals surface area contributed by atoms with Gasteiger partial charge in [-0.2, -0.15) is 10.2 Å². The number of unbranched alkanes of at least 4 members (excludes halogenated alkanes) is 1. The lowest BCUT2D eigenvalue weighted by molar-refractivity contribution is -0.123. The van der Waals surface area contributed by atoms with Crippen molar-refractivity contribution in [3.8, 4) is 23.0 Å². The molecule has 0 saturated heterocycles. The first-order valence-electron chi connectivity index (χ1n) is 15.1. The molecular weight excluding hydrogens is 687 g/mol. The molecule has 12 nitrogen and oxygen atoms in total. The number of amides is 2. The molecule has 0 aliphatic carbocycles. The molecular formula is C36H32Cl2N4O8. The van der Waals surface area contributed by atoms with E-state index in [0.717, 1.165) is 0 Å². The Morgan fingerprint density at radius 1 is 0.580 bits per heavy atom. The van der Waals surface area contributed by atoms with E-state index in [1.165, 1.54) is 26.6 Å². The van der Waals surface area contributed by atoms with Crippen LogP contribution in [0.25, 0.3) is 0 Å². The highest BCUT2D eigenvalue weighted by Gasteiger charge is 2.14. The number of rotatable bonds is 15. The van der Waals surface area contributed by atoms with Crippen LogP contribution in [0.5, 0.6) is 23.0 Å². The maximum Gasteiger partial charge on any atom is 0.343 e. The molecule has 0 saturated carbocycles. The summed E-state index contributed by atoms with van der Waals surface area (Å²) < 4.78 is 21.5. The number of hydrogen-bond acceptors (Lipinski definition) is 10. The van der Waals surface area contributed by atoms with Crippen molar-refractivity contribution in [2.24, 2.45) is 10.2 Å². The SMILES string of the molecule is COc1cc(C=NNC(=O)CCCCC(=O)NN=Cc2ccc(OC(=O)c3ccc(Cl)cc3)c(OC)c2)ccc1OC(=O)c1ccc(Cl)cc1. The molecule has 2 N–H and O–H groups in total. The molecule has 0 fully saturated rings. The molecule has 14 heteroatoms. The second-order valence-electron chi connectivity index (χ2n) is 10.4. The molecule has 0 aromatic heterocycles. The van der Waals surface area contributed by atoms with Crippen LogP contribution in [-0.4, -0.2) is 50.4 Å². The number of hydrazone groups is 2. The Hall–Kier alpha value is -5.72. The van der Waals surface area contributed by atoms with Gasteiger partial charge in [0.2, 0.25) is 11.8 Å². The standard InChI is InChI=1S/C36H32Cl2N4O8/c1-47-31-19-23(7-17-29(31)49-35(45)25-9-13-27(37)14-10-25)21-39-41-33(43)5-3-4-6-34(44)42-40-22-24-8-18-30(32(20-24)48-2)50-36(46)26-11-15-28(38)16-12-26/h7-22H,3-6H2,1-2H3,(H,41,43)(H,42,44). The number of carbonyl (C=O) groups excluding carboxylic acids is 4. The van der Waals surface area contributed by atoms with Gasteiger partial charge < -0.3 is 18.9 Å². The fourth-order valence-electron chi connectivity index (χ4n) is 4.23. The lowest BCUT2D eigenvalue weighted by Crippen LogP contribution is -2.19. The number of hydrogen-bond donors (Lipinski definition) is 2. The second kappa shape index (κ2) is 18.7. The van der Waals surface area contributed by atoms with Crippen molar-refractivity contribution in [2.45, 2.75) is 25.7 Å². The van der Waals surface area contributed by atoms with Gasteiger partial charge in [-0.3, -0.25) is 9.59 Å². The first kappa shape index (κ1) is 37.1. The number of nitrogens with one attached hydrogen (secondary N) is 2. The summed E-state index contributed by atoms with van der Waals surface area (Å²) >= 11 is 11.7. The summed E-state index contributed by atoms with van der Waals surface area (Å²) in [7, 11) is 2.87. The fourth-order valence-corrected chi connectivity index (χ4v) is 4.48. The highest BCUT2D eigenvalue weighted by molar-refractivity contribution is 6.31. The van der Waals surface area contributed by atoms with Crippen LogP contribution in [0.4, 0.5) is 0 Å². The molecule has 4 aromatic rings. The molecule has 0 aliphatic heterocycles. The molecule has 0 radical (unpaired) electrons. The Kier molecular flexibility index (Phi) is 13.9. The van der Waals surface area contributed by atoms with Crippen LogP contribution in [0.3, 0.4) is 0 Å². The Balaban J connectivity index is 1.15. The van der Waals surface area contributed by atoms with E-state index in [1.54, 1.807) is 84.9 Å². The normalized spacial score (nSPS) is 10.9. The van der Waals surface area contributed by atoms with Crippen molar-refractivity contribution < 1.29 is 38.1 Å². The Bertz CT molecular complexity index is 1740. The maximum atomic E-state index is 12.4. The van der Waals surface area contributed by atoms with E-state index in [1.807, 2.05) is 0 Å². The first-order valence-corrected chi connectivity index (χ1v) is 15.9. The zero-order valence-electron chi connectivity index (χ0n) is 27.0. The van der Waals surface area contributed by atoms with Gasteiger partial charge in [0.05, 0.1) is 37.8 Å². The summed E-state index contributed by atoms with van der Waals surface area (Å²) in [6.07, 6.45) is 4.07. The van der Waals surface area contributed by atoms with Crippen molar-refractivity contribution >= 4 is 59.4 Å². The molecule has 50 heavy (non-hydrogen) atoms. The van der Waals surface area contributed by atoms with Crippen LogP contribution < -0.4 is 29.8 Å². The quantitative estimate of drug-likeness (QED) is 0.0458. The van der Waals surface area contributed by atoms with E-state index in [9.17, 15) is 19.2 Å². The zero-order valence-corrected chi connectivity index (χ0v) is 28.5. The summed E-state index contributed by atoms with van der Waals surface area (Å²) in [6.45, 7) is 0. The number of benzene rings is 4. The minimum atomic E-state index is -0.570. The van der Waals surface area contributed by atoms with Crippen LogP contribution in [-0.2, 0) is 9.59 Å². The average Bonchev–Trinajstić information content (AvgIpc) is 3.11. The third-order valence-corrected chi connectivity index (χ3v) is 7.31. The predicted octanol–water partition coefficient (Wildman–Crippen LogP) is 6.61. The molecule has 0 spiro atoms. The number of ether oxygens (including phenoxy) is 4. The first-order chi connectivity index (χ1) is 24.1. The Labute approximate surface area is 298 Å². The molecule has 258 valence electrons. The van der Waals surface area contributed by atoms with Crippen LogP contribution in [0.1, 0.15) is 57.5 Å². The van der Waals surface area contributed by atoms with Crippen LogP contribution in [0, 0.1) is 0 Å². The van der Waals surface area contributed by atoms with Gasteiger partial charge in [-0.15, -0.1) is 0 Å². The third-order valence-electron chi connectivity index (χ3n) is 6.80. The van der Waals surface area contributed by atoms with Crippen LogP contribution >= 0.6 is 23.2 Å². The van der Waals surface area contributed by atoms with Crippen molar-refractivity contribution in [1.82, 2.24) is 10.9 Å². The monoisotopic (exact) mass is 718 g/mol. The molecule has 4 rings (SSSR count). The minimum Gasteiger partial charge on any atom is -0.493 e. The summed E-state index contributed by atoms with van der Waals surface area (Å²) in [5.41, 5.74) is 6.74. The molecule has 0 atom stereocenters. The van der Waals surface area contributed by atoms with Gasteiger partial charge in [-0.25, -0.2) is 20.4 Å². The zero-order chi connectivity index (χ0) is 35.9. The highest BCUT2D eigenvalue weighted by Crippen LogP contribution is 2.30.